The molecule has 0 unspecified atom stereocenters. The molecule has 0 aliphatic heterocycles. The van der Waals surface area contributed by atoms with Crippen LogP contribution in [0.25, 0.3) is 0 Å². The Hall–Kier alpha value is -2.47. The lowest BCUT2D eigenvalue weighted by molar-refractivity contribution is -0.605. The maximum atomic E-state index is 12.0. The van der Waals surface area contributed by atoms with Gasteiger partial charge in [0, 0.05) is 18.7 Å². The van der Waals surface area contributed by atoms with Crippen LogP contribution in [0.1, 0.15) is 22.8 Å². The van der Waals surface area contributed by atoms with Crippen molar-refractivity contribution in [2.24, 2.45) is 0 Å². The molecule has 0 aliphatic carbocycles. The Morgan fingerprint density at radius 3 is 2.65 bits per heavy atom. The second kappa shape index (κ2) is 7.69. The summed E-state index contributed by atoms with van der Waals surface area (Å²) in [5.41, 5.74) is 1.18. The minimum Gasteiger partial charge on any atom is -0.619 e. The summed E-state index contributed by atoms with van der Waals surface area (Å²) >= 11 is 6.19. The standard InChI is InChI=1S/C16H17ClN2O4/c1-3-23-15-13(17)8-11(9-14(15)22-2)10-18-16(20)12-4-6-19(21)7-5-12/h4-9H,3,10H2,1-2H3,(H,18,20). The smallest absolute Gasteiger partial charge is 0.252 e. The number of nitrogens with one attached hydrogen (secondary N) is 1. The lowest BCUT2D eigenvalue weighted by Crippen LogP contribution is -2.27. The predicted octanol–water partition coefficient (Wildman–Crippen LogP) is 2.31. The van der Waals surface area contributed by atoms with Crippen LogP contribution in [0.4, 0.5) is 0 Å². The number of rotatable bonds is 6. The summed E-state index contributed by atoms with van der Waals surface area (Å²) in [7, 11) is 1.53. The Labute approximate surface area is 139 Å². The molecule has 0 fully saturated rings. The van der Waals surface area contributed by atoms with E-state index in [1.165, 1.54) is 31.6 Å². The molecule has 23 heavy (non-hydrogen) atoms. The number of benzene rings is 1. The summed E-state index contributed by atoms with van der Waals surface area (Å²) in [5.74, 6) is 0.708. The number of aromatic nitrogens is 1. The second-order valence-corrected chi connectivity index (χ2v) is 5.08. The Balaban J connectivity index is 2.09. The molecule has 0 aliphatic rings. The highest BCUT2D eigenvalue weighted by Gasteiger charge is 2.13. The molecule has 0 atom stereocenters. The quantitative estimate of drug-likeness (QED) is 0.649. The van der Waals surface area contributed by atoms with Crippen molar-refractivity contribution >= 4 is 17.5 Å². The van der Waals surface area contributed by atoms with E-state index in [0.717, 1.165) is 5.56 Å². The van der Waals surface area contributed by atoms with E-state index in [1.807, 2.05) is 6.92 Å². The third-order valence-corrected chi connectivity index (χ3v) is 3.38. The first-order valence-corrected chi connectivity index (χ1v) is 7.39. The van der Waals surface area contributed by atoms with Gasteiger partial charge >= 0.3 is 0 Å². The van der Waals surface area contributed by atoms with Crippen molar-refractivity contribution in [3.63, 3.8) is 0 Å². The molecule has 2 aromatic rings. The predicted molar refractivity (Wildman–Crippen MR) is 85.7 cm³/mol. The SMILES string of the molecule is CCOc1c(Cl)cc(CNC(=O)c2cc[n+]([O-])cc2)cc1OC. The normalized spacial score (nSPS) is 10.2. The number of amides is 1. The van der Waals surface area contributed by atoms with Gasteiger partial charge in [0.05, 0.1) is 24.3 Å². The fraction of sp³-hybridized carbons (Fsp3) is 0.250. The first-order valence-electron chi connectivity index (χ1n) is 7.01. The van der Waals surface area contributed by atoms with Crippen molar-refractivity contribution in [2.45, 2.75) is 13.5 Å². The number of hydrogen-bond donors (Lipinski definition) is 1. The summed E-state index contributed by atoms with van der Waals surface area (Å²) in [6, 6.07) is 6.38. The van der Waals surface area contributed by atoms with Gasteiger partial charge in [0.1, 0.15) is 0 Å². The summed E-state index contributed by atoms with van der Waals surface area (Å²) in [6.45, 7) is 2.60. The topological polar surface area (TPSA) is 74.5 Å². The van der Waals surface area contributed by atoms with E-state index in [-0.39, 0.29) is 12.5 Å². The molecule has 1 amide bonds. The Kier molecular flexibility index (Phi) is 5.65. The van der Waals surface area contributed by atoms with Gasteiger partial charge in [-0.05, 0) is 24.6 Å². The number of carbonyl (C=O) groups excluding carboxylic acids is 1. The molecule has 0 saturated heterocycles. The van der Waals surface area contributed by atoms with Gasteiger partial charge in [-0.1, -0.05) is 11.6 Å². The van der Waals surface area contributed by atoms with Crippen LogP contribution < -0.4 is 19.5 Å². The highest BCUT2D eigenvalue weighted by atomic mass is 35.5. The Bertz CT molecular complexity index is 689. The molecule has 1 aromatic carbocycles. The number of methoxy groups -OCH3 is 1. The van der Waals surface area contributed by atoms with Crippen LogP contribution in [-0.2, 0) is 6.54 Å². The highest BCUT2D eigenvalue weighted by molar-refractivity contribution is 6.32. The summed E-state index contributed by atoms with van der Waals surface area (Å²) in [4.78, 5) is 12.0. The molecule has 1 heterocycles. The van der Waals surface area contributed by atoms with Crippen LogP contribution in [0.2, 0.25) is 5.02 Å². The first kappa shape index (κ1) is 16.9. The molecule has 122 valence electrons. The van der Waals surface area contributed by atoms with E-state index in [9.17, 15) is 10.0 Å². The highest BCUT2D eigenvalue weighted by Crippen LogP contribution is 2.36. The number of carbonyl (C=O) groups is 1. The van der Waals surface area contributed by atoms with Gasteiger partial charge in [0.15, 0.2) is 23.9 Å². The number of hydrogen-bond acceptors (Lipinski definition) is 4. The lowest BCUT2D eigenvalue weighted by atomic mass is 10.2. The largest absolute Gasteiger partial charge is 0.619 e. The zero-order chi connectivity index (χ0) is 16.8. The number of pyridine rings is 1. The van der Waals surface area contributed by atoms with Gasteiger partial charge in [-0.3, -0.25) is 4.79 Å². The van der Waals surface area contributed by atoms with Crippen LogP contribution in [0.3, 0.4) is 0 Å². The van der Waals surface area contributed by atoms with Gasteiger partial charge in [0.2, 0.25) is 0 Å². The fourth-order valence-corrected chi connectivity index (χ4v) is 2.30. The van der Waals surface area contributed by atoms with Gasteiger partial charge in [-0.2, -0.15) is 4.73 Å². The molecule has 0 spiro atoms. The monoisotopic (exact) mass is 336 g/mol. The second-order valence-electron chi connectivity index (χ2n) is 4.67. The molecule has 6 nitrogen and oxygen atoms in total. The maximum absolute atomic E-state index is 12.0. The zero-order valence-electron chi connectivity index (χ0n) is 12.8. The Morgan fingerprint density at radius 2 is 2.04 bits per heavy atom. The third kappa shape index (κ3) is 4.26. The van der Waals surface area contributed by atoms with Crippen molar-refractivity contribution in [2.75, 3.05) is 13.7 Å². The van der Waals surface area contributed by atoms with Crippen molar-refractivity contribution in [3.05, 3.63) is 58.0 Å². The van der Waals surface area contributed by atoms with Crippen LogP contribution in [0, 0.1) is 5.21 Å². The first-order chi connectivity index (χ1) is 11.0. The average molecular weight is 337 g/mol. The third-order valence-electron chi connectivity index (χ3n) is 3.10. The van der Waals surface area contributed by atoms with E-state index < -0.39 is 0 Å². The van der Waals surface area contributed by atoms with Crippen molar-refractivity contribution in [3.8, 4) is 11.5 Å². The molecule has 0 bridgehead atoms. The number of halogens is 1. The van der Waals surface area contributed by atoms with Gasteiger partial charge < -0.3 is 20.0 Å². The van der Waals surface area contributed by atoms with E-state index in [4.69, 9.17) is 21.1 Å². The minimum atomic E-state index is -0.283. The van der Waals surface area contributed by atoms with Crippen LogP contribution in [0.15, 0.2) is 36.7 Å². The van der Waals surface area contributed by atoms with E-state index in [0.29, 0.717) is 33.4 Å². The molecule has 0 radical (unpaired) electrons. The lowest BCUT2D eigenvalue weighted by Gasteiger charge is -2.13. The van der Waals surface area contributed by atoms with Gasteiger partial charge in [-0.25, -0.2) is 0 Å². The molecule has 1 aromatic heterocycles. The summed E-state index contributed by atoms with van der Waals surface area (Å²) in [5, 5.41) is 14.1. The zero-order valence-corrected chi connectivity index (χ0v) is 13.6. The summed E-state index contributed by atoms with van der Waals surface area (Å²) < 4.78 is 11.3. The molecular weight excluding hydrogens is 320 g/mol. The summed E-state index contributed by atoms with van der Waals surface area (Å²) in [6.07, 6.45) is 2.54. The average Bonchev–Trinajstić information content (AvgIpc) is 2.55. The van der Waals surface area contributed by atoms with Crippen molar-refractivity contribution in [1.29, 1.82) is 0 Å². The van der Waals surface area contributed by atoms with E-state index >= 15 is 0 Å². The molecule has 2 rings (SSSR count). The minimum absolute atomic E-state index is 0.271. The number of ether oxygens (including phenoxy) is 2. The Morgan fingerprint density at radius 1 is 1.35 bits per heavy atom. The maximum Gasteiger partial charge on any atom is 0.252 e. The molecule has 0 saturated carbocycles. The van der Waals surface area contributed by atoms with Crippen molar-refractivity contribution in [1.82, 2.24) is 5.32 Å². The van der Waals surface area contributed by atoms with E-state index in [1.54, 1.807) is 12.1 Å². The van der Waals surface area contributed by atoms with Crippen molar-refractivity contribution < 1.29 is 19.0 Å². The fourth-order valence-electron chi connectivity index (χ4n) is 2.01. The molecule has 1 N–H and O–H groups in total. The van der Waals surface area contributed by atoms with Crippen LogP contribution in [0.5, 0.6) is 11.5 Å². The van der Waals surface area contributed by atoms with Crippen LogP contribution in [-0.4, -0.2) is 19.6 Å². The van der Waals surface area contributed by atoms with Gasteiger partial charge in [0.25, 0.3) is 5.91 Å². The van der Waals surface area contributed by atoms with E-state index in [2.05, 4.69) is 5.32 Å². The number of nitrogens with zero attached hydrogens (tertiary/aromatic N) is 1. The molecule has 7 heteroatoms. The molecular formula is C16H17ClN2O4. The van der Waals surface area contributed by atoms with Crippen LogP contribution >= 0.6 is 11.6 Å². The van der Waals surface area contributed by atoms with Gasteiger partial charge in [-0.15, -0.1) is 0 Å².